The maximum absolute atomic E-state index is 11.0. The van der Waals surface area contributed by atoms with Crippen molar-refractivity contribution in [1.29, 1.82) is 0 Å². The summed E-state index contributed by atoms with van der Waals surface area (Å²) in [6.07, 6.45) is -0.181. The van der Waals surface area contributed by atoms with Crippen LogP contribution >= 0.6 is 0 Å². The van der Waals surface area contributed by atoms with Crippen LogP contribution in [0.4, 0.5) is 4.79 Å². The lowest BCUT2D eigenvalue weighted by atomic mass is 9.81. The third-order valence-electron chi connectivity index (χ3n) is 3.92. The summed E-state index contributed by atoms with van der Waals surface area (Å²) in [4.78, 5) is 11.0. The first-order valence-corrected chi connectivity index (χ1v) is 6.06. The number of carboxylic acid groups (broad SMARTS) is 1. The molecule has 1 saturated carbocycles. The van der Waals surface area contributed by atoms with Crippen molar-refractivity contribution in [2.45, 2.75) is 38.6 Å². The number of carbonyl (C=O) groups is 1. The Hall–Kier alpha value is -1.71. The fourth-order valence-corrected chi connectivity index (χ4v) is 2.72. The highest BCUT2D eigenvalue weighted by Crippen LogP contribution is 2.60. The van der Waals surface area contributed by atoms with Gasteiger partial charge in [0.1, 0.15) is 5.75 Å². The predicted molar refractivity (Wildman–Crippen MR) is 68.8 cm³/mol. The molecule has 98 valence electrons. The minimum Gasteiger partial charge on any atom is -0.508 e. The van der Waals surface area contributed by atoms with Crippen molar-refractivity contribution in [2.75, 3.05) is 0 Å². The second kappa shape index (κ2) is 3.90. The first-order chi connectivity index (χ1) is 8.26. The summed E-state index contributed by atoms with van der Waals surface area (Å²) in [5, 5.41) is 21.0. The number of amides is 1. The number of hydrogen-bond donors (Lipinski definition) is 3. The van der Waals surface area contributed by atoms with Crippen LogP contribution in [0.1, 0.15) is 38.7 Å². The van der Waals surface area contributed by atoms with Crippen LogP contribution in [0.3, 0.4) is 0 Å². The van der Waals surface area contributed by atoms with Crippen LogP contribution in [0.15, 0.2) is 24.3 Å². The van der Waals surface area contributed by atoms with Gasteiger partial charge in [-0.3, -0.25) is 0 Å². The molecule has 18 heavy (non-hydrogen) atoms. The zero-order valence-electron chi connectivity index (χ0n) is 10.9. The van der Waals surface area contributed by atoms with Gasteiger partial charge >= 0.3 is 6.09 Å². The number of aromatic hydroxyl groups is 1. The van der Waals surface area contributed by atoms with Gasteiger partial charge in [-0.2, -0.15) is 0 Å². The molecule has 1 aromatic carbocycles. The van der Waals surface area contributed by atoms with E-state index in [1.54, 1.807) is 12.1 Å². The van der Waals surface area contributed by atoms with E-state index < -0.39 is 11.6 Å². The first-order valence-electron chi connectivity index (χ1n) is 6.06. The number of rotatable bonds is 2. The summed E-state index contributed by atoms with van der Waals surface area (Å²) in [6, 6.07) is 7.00. The van der Waals surface area contributed by atoms with Gasteiger partial charge in [-0.05, 0) is 29.5 Å². The molecule has 2 atom stereocenters. The minimum absolute atomic E-state index is 0.145. The molecule has 4 nitrogen and oxygen atoms in total. The van der Waals surface area contributed by atoms with Crippen molar-refractivity contribution >= 4 is 6.09 Å². The molecule has 0 aliphatic heterocycles. The molecule has 0 heterocycles. The monoisotopic (exact) mass is 249 g/mol. The highest BCUT2D eigenvalue weighted by atomic mass is 16.4. The minimum atomic E-state index is -0.980. The summed E-state index contributed by atoms with van der Waals surface area (Å²) in [6.45, 7) is 6.13. The average molecular weight is 249 g/mol. The van der Waals surface area contributed by atoms with Crippen LogP contribution < -0.4 is 5.32 Å². The van der Waals surface area contributed by atoms with E-state index in [1.165, 1.54) is 0 Å². The molecule has 0 aromatic heterocycles. The lowest BCUT2D eigenvalue weighted by Crippen LogP contribution is -2.47. The van der Waals surface area contributed by atoms with E-state index >= 15 is 0 Å². The van der Waals surface area contributed by atoms with E-state index in [2.05, 4.69) is 5.32 Å². The van der Waals surface area contributed by atoms with Gasteiger partial charge in [-0.15, -0.1) is 0 Å². The van der Waals surface area contributed by atoms with Gasteiger partial charge in [0.25, 0.3) is 0 Å². The molecule has 0 bridgehead atoms. The Morgan fingerprint density at radius 2 is 1.89 bits per heavy atom. The molecular weight excluding hydrogens is 230 g/mol. The van der Waals surface area contributed by atoms with Crippen molar-refractivity contribution in [3.63, 3.8) is 0 Å². The quantitative estimate of drug-likeness (QED) is 0.754. The van der Waals surface area contributed by atoms with E-state index in [1.807, 2.05) is 32.9 Å². The molecule has 2 rings (SSSR count). The molecule has 1 aliphatic carbocycles. The van der Waals surface area contributed by atoms with Crippen LogP contribution in [0.5, 0.6) is 5.75 Å². The second-order valence-corrected chi connectivity index (χ2v) is 6.00. The summed E-state index contributed by atoms with van der Waals surface area (Å²) in [5.41, 5.74) is 0.514. The standard InChI is InChI=1S/C14H19NO3/c1-13(2,3)14(15-12(17)18)8-11(14)9-4-6-10(16)7-5-9/h4-7,11,15-16H,8H2,1-3H3,(H,17,18). The highest BCUT2D eigenvalue weighted by Gasteiger charge is 2.62. The smallest absolute Gasteiger partial charge is 0.405 e. The Balaban J connectivity index is 2.27. The van der Waals surface area contributed by atoms with Crippen molar-refractivity contribution in [2.24, 2.45) is 5.41 Å². The highest BCUT2D eigenvalue weighted by molar-refractivity contribution is 5.67. The first kappa shape index (κ1) is 12.7. The molecule has 3 N–H and O–H groups in total. The van der Waals surface area contributed by atoms with Gasteiger partial charge in [0.05, 0.1) is 5.54 Å². The molecular formula is C14H19NO3. The number of nitrogens with one attached hydrogen (secondary N) is 1. The Morgan fingerprint density at radius 1 is 1.33 bits per heavy atom. The fourth-order valence-electron chi connectivity index (χ4n) is 2.72. The number of phenols is 1. The van der Waals surface area contributed by atoms with Crippen molar-refractivity contribution in [3.05, 3.63) is 29.8 Å². The Labute approximate surface area is 107 Å². The van der Waals surface area contributed by atoms with Gasteiger partial charge in [0.2, 0.25) is 0 Å². The summed E-state index contributed by atoms with van der Waals surface area (Å²) in [7, 11) is 0. The molecule has 0 saturated heterocycles. The van der Waals surface area contributed by atoms with E-state index in [0.717, 1.165) is 12.0 Å². The maximum atomic E-state index is 11.0. The molecule has 1 amide bonds. The van der Waals surface area contributed by atoms with E-state index in [9.17, 15) is 9.90 Å². The zero-order chi connectivity index (χ0) is 13.6. The molecule has 1 aliphatic rings. The van der Waals surface area contributed by atoms with Crippen LogP contribution in [0.25, 0.3) is 0 Å². The van der Waals surface area contributed by atoms with E-state index in [4.69, 9.17) is 5.11 Å². The molecule has 0 radical (unpaired) electrons. The molecule has 1 fully saturated rings. The Bertz CT molecular complexity index is 461. The van der Waals surface area contributed by atoms with Gasteiger partial charge in [0.15, 0.2) is 0 Å². The molecule has 0 spiro atoms. The molecule has 2 unspecified atom stereocenters. The lowest BCUT2D eigenvalue weighted by molar-refractivity contribution is 0.167. The van der Waals surface area contributed by atoms with Gasteiger partial charge in [-0.1, -0.05) is 32.9 Å². The fraction of sp³-hybridized carbons (Fsp3) is 0.500. The van der Waals surface area contributed by atoms with E-state index in [-0.39, 0.29) is 17.1 Å². The Morgan fingerprint density at radius 3 is 2.33 bits per heavy atom. The largest absolute Gasteiger partial charge is 0.508 e. The zero-order valence-corrected chi connectivity index (χ0v) is 10.9. The topological polar surface area (TPSA) is 69.6 Å². The SMILES string of the molecule is CC(C)(C)C1(NC(=O)O)CC1c1ccc(O)cc1. The van der Waals surface area contributed by atoms with Crippen LogP contribution in [0.2, 0.25) is 0 Å². The van der Waals surface area contributed by atoms with Crippen LogP contribution in [0, 0.1) is 5.41 Å². The van der Waals surface area contributed by atoms with Gasteiger partial charge < -0.3 is 15.5 Å². The van der Waals surface area contributed by atoms with Gasteiger partial charge in [0, 0.05) is 5.92 Å². The molecule has 1 aromatic rings. The third kappa shape index (κ3) is 2.03. The number of hydrogen-bond acceptors (Lipinski definition) is 2. The number of phenolic OH excluding ortho intramolecular Hbond substituents is 1. The van der Waals surface area contributed by atoms with Gasteiger partial charge in [-0.25, -0.2) is 4.79 Å². The summed E-state index contributed by atoms with van der Waals surface area (Å²) < 4.78 is 0. The average Bonchev–Trinajstić information content (AvgIpc) is 2.93. The van der Waals surface area contributed by atoms with Crippen molar-refractivity contribution < 1.29 is 15.0 Å². The number of benzene rings is 1. The summed E-state index contributed by atoms with van der Waals surface area (Å²) >= 11 is 0. The van der Waals surface area contributed by atoms with Crippen molar-refractivity contribution in [3.8, 4) is 5.75 Å². The maximum Gasteiger partial charge on any atom is 0.405 e. The van der Waals surface area contributed by atoms with Crippen LogP contribution in [-0.2, 0) is 0 Å². The third-order valence-corrected chi connectivity index (χ3v) is 3.92. The van der Waals surface area contributed by atoms with Crippen LogP contribution in [-0.4, -0.2) is 21.8 Å². The summed E-state index contributed by atoms with van der Waals surface area (Å²) in [5.74, 6) is 0.404. The normalized spacial score (nSPS) is 26.7. The van der Waals surface area contributed by atoms with E-state index in [0.29, 0.717) is 0 Å². The molecule has 4 heteroatoms. The second-order valence-electron chi connectivity index (χ2n) is 6.00. The Kier molecular flexibility index (Phi) is 2.76. The van der Waals surface area contributed by atoms with Crippen molar-refractivity contribution in [1.82, 2.24) is 5.32 Å². The predicted octanol–water partition coefficient (Wildman–Crippen LogP) is 2.93. The lowest BCUT2D eigenvalue weighted by Gasteiger charge is -2.32.